The molecule has 108 valence electrons. The number of benzene rings is 1. The van der Waals surface area contributed by atoms with Crippen LogP contribution in [0.5, 0.6) is 0 Å². The Morgan fingerprint density at radius 1 is 1.33 bits per heavy atom. The molecule has 0 saturated carbocycles. The van der Waals surface area contributed by atoms with E-state index in [2.05, 4.69) is 10.4 Å². The van der Waals surface area contributed by atoms with Crippen LogP contribution in [-0.4, -0.2) is 26.8 Å². The Balaban J connectivity index is 2.16. The molecular formula is C13H10ClN3O4. The standard InChI is InChI=1S/C13H10ClN3O4/c14-9-4-3-8(13(20)21)6-10(9)16-11(18)7-17-12(19)2-1-5-15-17/h1-6H,7H2,(H,16,18)(H,20,21). The first-order valence-electron chi connectivity index (χ1n) is 5.82. The van der Waals surface area contributed by atoms with Gasteiger partial charge in [0.1, 0.15) is 6.54 Å². The van der Waals surface area contributed by atoms with E-state index in [1.165, 1.54) is 36.5 Å². The van der Waals surface area contributed by atoms with Crippen LogP contribution in [0.3, 0.4) is 0 Å². The molecule has 0 fully saturated rings. The smallest absolute Gasteiger partial charge is 0.335 e. The van der Waals surface area contributed by atoms with Crippen LogP contribution in [-0.2, 0) is 11.3 Å². The van der Waals surface area contributed by atoms with E-state index in [1.807, 2.05) is 0 Å². The summed E-state index contributed by atoms with van der Waals surface area (Å²) in [5.74, 6) is -1.68. The topological polar surface area (TPSA) is 101 Å². The molecule has 1 aromatic heterocycles. The molecule has 0 bridgehead atoms. The molecule has 21 heavy (non-hydrogen) atoms. The summed E-state index contributed by atoms with van der Waals surface area (Å²) < 4.78 is 0.976. The predicted molar refractivity (Wildman–Crippen MR) is 75.5 cm³/mol. The van der Waals surface area contributed by atoms with Gasteiger partial charge < -0.3 is 10.4 Å². The molecule has 0 aliphatic carbocycles. The summed E-state index contributed by atoms with van der Waals surface area (Å²) in [7, 11) is 0. The Kier molecular flexibility index (Phi) is 4.34. The lowest BCUT2D eigenvalue weighted by molar-refractivity contribution is -0.117. The molecule has 2 rings (SSSR count). The molecule has 8 heteroatoms. The van der Waals surface area contributed by atoms with Crippen molar-refractivity contribution in [2.75, 3.05) is 5.32 Å². The number of aromatic nitrogens is 2. The van der Waals surface area contributed by atoms with Gasteiger partial charge in [-0.25, -0.2) is 9.48 Å². The van der Waals surface area contributed by atoms with Crippen molar-refractivity contribution in [3.63, 3.8) is 0 Å². The molecule has 2 aromatic rings. The van der Waals surface area contributed by atoms with Crippen molar-refractivity contribution < 1.29 is 14.7 Å². The number of carbonyl (C=O) groups is 2. The number of rotatable bonds is 4. The number of carboxylic acid groups (broad SMARTS) is 1. The molecule has 0 saturated heterocycles. The van der Waals surface area contributed by atoms with Gasteiger partial charge in [0.05, 0.1) is 16.3 Å². The number of halogens is 1. The van der Waals surface area contributed by atoms with E-state index in [9.17, 15) is 14.4 Å². The van der Waals surface area contributed by atoms with Gasteiger partial charge in [-0.3, -0.25) is 9.59 Å². The molecule has 1 aromatic carbocycles. The number of carboxylic acids is 1. The highest BCUT2D eigenvalue weighted by Crippen LogP contribution is 2.23. The summed E-state index contributed by atoms with van der Waals surface area (Å²) in [5, 5.41) is 15.3. The summed E-state index contributed by atoms with van der Waals surface area (Å²) in [6.07, 6.45) is 1.38. The van der Waals surface area contributed by atoms with Gasteiger partial charge in [0.2, 0.25) is 5.91 Å². The number of nitrogens with one attached hydrogen (secondary N) is 1. The second-order valence-electron chi connectivity index (χ2n) is 4.07. The Labute approximate surface area is 123 Å². The fraction of sp³-hybridized carbons (Fsp3) is 0.0769. The van der Waals surface area contributed by atoms with Crippen LogP contribution < -0.4 is 10.9 Å². The number of carbonyl (C=O) groups excluding carboxylic acids is 1. The van der Waals surface area contributed by atoms with Crippen molar-refractivity contribution in [2.24, 2.45) is 0 Å². The zero-order chi connectivity index (χ0) is 15.4. The van der Waals surface area contributed by atoms with Crippen LogP contribution in [0.25, 0.3) is 0 Å². The van der Waals surface area contributed by atoms with Crippen molar-refractivity contribution in [3.8, 4) is 0 Å². The number of nitrogens with zero attached hydrogens (tertiary/aromatic N) is 2. The van der Waals surface area contributed by atoms with E-state index in [0.29, 0.717) is 0 Å². The Hall–Kier alpha value is -2.67. The van der Waals surface area contributed by atoms with E-state index < -0.39 is 17.4 Å². The lowest BCUT2D eigenvalue weighted by Gasteiger charge is -2.08. The monoisotopic (exact) mass is 307 g/mol. The van der Waals surface area contributed by atoms with Crippen LogP contribution in [0.15, 0.2) is 41.3 Å². The van der Waals surface area contributed by atoms with Gasteiger partial charge in [-0.15, -0.1) is 0 Å². The summed E-state index contributed by atoms with van der Waals surface area (Å²) >= 11 is 5.89. The minimum atomic E-state index is -1.14. The van der Waals surface area contributed by atoms with Gasteiger partial charge in [-0.05, 0) is 24.3 Å². The van der Waals surface area contributed by atoms with Crippen LogP contribution >= 0.6 is 11.6 Å². The molecule has 0 aliphatic heterocycles. The highest BCUT2D eigenvalue weighted by Gasteiger charge is 2.11. The maximum Gasteiger partial charge on any atom is 0.335 e. The Morgan fingerprint density at radius 2 is 2.10 bits per heavy atom. The van der Waals surface area contributed by atoms with Crippen molar-refractivity contribution in [2.45, 2.75) is 6.54 Å². The fourth-order valence-corrected chi connectivity index (χ4v) is 1.75. The first kappa shape index (κ1) is 14.7. The quantitative estimate of drug-likeness (QED) is 0.884. The third-order valence-corrected chi connectivity index (χ3v) is 2.90. The third-order valence-electron chi connectivity index (χ3n) is 2.57. The van der Waals surface area contributed by atoms with Gasteiger partial charge in [0.25, 0.3) is 5.56 Å². The largest absolute Gasteiger partial charge is 0.478 e. The zero-order valence-corrected chi connectivity index (χ0v) is 11.4. The van der Waals surface area contributed by atoms with Gasteiger partial charge in [-0.2, -0.15) is 5.10 Å². The predicted octanol–water partition coefficient (Wildman–Crippen LogP) is 1.23. The summed E-state index contributed by atoms with van der Waals surface area (Å²) in [6.45, 7) is -0.298. The van der Waals surface area contributed by atoms with E-state index in [-0.39, 0.29) is 22.8 Å². The lowest BCUT2D eigenvalue weighted by Crippen LogP contribution is -2.28. The number of amides is 1. The average Bonchev–Trinajstić information content (AvgIpc) is 2.43. The molecule has 0 unspecified atom stereocenters. The van der Waals surface area contributed by atoms with Crippen molar-refractivity contribution in [1.82, 2.24) is 9.78 Å². The van der Waals surface area contributed by atoms with E-state index in [4.69, 9.17) is 16.7 Å². The van der Waals surface area contributed by atoms with Crippen LogP contribution in [0.1, 0.15) is 10.4 Å². The number of aromatic carboxylic acids is 1. The van der Waals surface area contributed by atoms with Gasteiger partial charge in [0.15, 0.2) is 0 Å². The van der Waals surface area contributed by atoms with Crippen LogP contribution in [0, 0.1) is 0 Å². The lowest BCUT2D eigenvalue weighted by atomic mass is 10.2. The van der Waals surface area contributed by atoms with Gasteiger partial charge >= 0.3 is 5.97 Å². The first-order chi connectivity index (χ1) is 9.97. The molecule has 0 radical (unpaired) electrons. The van der Waals surface area contributed by atoms with Gasteiger partial charge in [0, 0.05) is 12.3 Å². The molecular weight excluding hydrogens is 298 g/mol. The Morgan fingerprint density at radius 3 is 2.76 bits per heavy atom. The summed E-state index contributed by atoms with van der Waals surface area (Å²) in [4.78, 5) is 34.2. The second-order valence-corrected chi connectivity index (χ2v) is 4.47. The molecule has 0 aliphatic rings. The van der Waals surface area contributed by atoms with Crippen LogP contribution in [0.2, 0.25) is 5.02 Å². The number of hydrogen-bond donors (Lipinski definition) is 2. The van der Waals surface area contributed by atoms with Crippen molar-refractivity contribution in [1.29, 1.82) is 0 Å². The SMILES string of the molecule is O=C(Cn1ncccc1=O)Nc1cc(C(=O)O)ccc1Cl. The molecule has 1 amide bonds. The van der Waals surface area contributed by atoms with E-state index in [1.54, 1.807) is 0 Å². The minimum Gasteiger partial charge on any atom is -0.478 e. The molecule has 2 N–H and O–H groups in total. The van der Waals surface area contributed by atoms with Crippen molar-refractivity contribution >= 4 is 29.2 Å². The highest BCUT2D eigenvalue weighted by molar-refractivity contribution is 6.33. The minimum absolute atomic E-state index is 0.00953. The summed E-state index contributed by atoms with van der Waals surface area (Å²) in [6, 6.07) is 6.67. The second kappa shape index (κ2) is 6.19. The molecule has 0 spiro atoms. The normalized spacial score (nSPS) is 10.1. The fourth-order valence-electron chi connectivity index (χ4n) is 1.59. The number of anilines is 1. The van der Waals surface area contributed by atoms with Crippen molar-refractivity contribution in [3.05, 3.63) is 57.5 Å². The molecule has 7 nitrogen and oxygen atoms in total. The maximum absolute atomic E-state index is 11.9. The zero-order valence-electron chi connectivity index (χ0n) is 10.6. The van der Waals surface area contributed by atoms with E-state index >= 15 is 0 Å². The molecule has 0 atom stereocenters. The summed E-state index contributed by atoms with van der Waals surface area (Å²) in [5.41, 5.74) is -0.270. The number of hydrogen-bond acceptors (Lipinski definition) is 4. The average molecular weight is 308 g/mol. The molecule has 1 heterocycles. The Bertz CT molecular complexity index is 757. The van der Waals surface area contributed by atoms with Gasteiger partial charge in [-0.1, -0.05) is 11.6 Å². The third kappa shape index (κ3) is 3.67. The van der Waals surface area contributed by atoms with Crippen LogP contribution in [0.4, 0.5) is 5.69 Å². The highest BCUT2D eigenvalue weighted by atomic mass is 35.5. The van der Waals surface area contributed by atoms with E-state index in [0.717, 1.165) is 4.68 Å². The first-order valence-corrected chi connectivity index (χ1v) is 6.20. The maximum atomic E-state index is 11.9.